The third-order valence-electron chi connectivity index (χ3n) is 2.70. The molecule has 2 N–H and O–H groups in total. The van der Waals surface area contributed by atoms with Crippen LogP contribution in [0.25, 0.3) is 0 Å². The fraction of sp³-hybridized carbons (Fsp3) is 0.267. The van der Waals surface area contributed by atoms with Crippen molar-refractivity contribution in [1.29, 1.82) is 0 Å². The highest BCUT2D eigenvalue weighted by molar-refractivity contribution is 8.00. The molecule has 0 aliphatic rings. The molecule has 116 valence electrons. The Bertz CT molecular complexity index is 656. The number of ketones is 1. The predicted molar refractivity (Wildman–Crippen MR) is 88.1 cm³/mol. The number of thiazole rings is 1. The number of thioether (sulfide) groups is 1. The minimum Gasteiger partial charge on any atom is -0.466 e. The van der Waals surface area contributed by atoms with Gasteiger partial charge in [0.25, 0.3) is 0 Å². The molecule has 0 bridgehead atoms. The van der Waals surface area contributed by atoms with Gasteiger partial charge in [-0.15, -0.1) is 11.3 Å². The lowest BCUT2D eigenvalue weighted by Crippen LogP contribution is -2.11. The first-order valence-corrected chi connectivity index (χ1v) is 8.52. The zero-order valence-electron chi connectivity index (χ0n) is 12.1. The highest BCUT2D eigenvalue weighted by Crippen LogP contribution is 2.31. The lowest BCUT2D eigenvalue weighted by atomic mass is 10.2. The second-order valence-electron chi connectivity index (χ2n) is 4.37. The summed E-state index contributed by atoms with van der Waals surface area (Å²) in [5.74, 6) is 0.0351. The number of ether oxygens (including phenoxy) is 1. The fourth-order valence-electron chi connectivity index (χ4n) is 1.72. The van der Waals surface area contributed by atoms with E-state index in [0.29, 0.717) is 9.22 Å². The molecule has 22 heavy (non-hydrogen) atoms. The van der Waals surface area contributed by atoms with Crippen LogP contribution in [0, 0.1) is 0 Å². The summed E-state index contributed by atoms with van der Waals surface area (Å²) in [6.45, 7) is 1.95. The maximum Gasteiger partial charge on any atom is 0.313 e. The van der Waals surface area contributed by atoms with Crippen LogP contribution < -0.4 is 5.73 Å². The molecule has 7 heteroatoms. The highest BCUT2D eigenvalue weighted by atomic mass is 32.2. The Labute approximate surface area is 136 Å². The standard InChI is InChI=1S/C15H16N2O3S2/c1-2-20-12(19)8-11(18)13-14(16)17-15(22-13)21-9-10-6-4-3-5-7-10/h3-7H,2,8-9,16H2,1H3. The van der Waals surface area contributed by atoms with Gasteiger partial charge >= 0.3 is 5.97 Å². The minimum atomic E-state index is -0.543. The molecule has 2 aromatic rings. The Morgan fingerprint density at radius 2 is 2.05 bits per heavy atom. The van der Waals surface area contributed by atoms with E-state index in [-0.39, 0.29) is 24.6 Å². The lowest BCUT2D eigenvalue weighted by Gasteiger charge is -1.99. The smallest absolute Gasteiger partial charge is 0.313 e. The average Bonchev–Trinajstić information content (AvgIpc) is 2.87. The Kier molecular flexibility index (Phi) is 5.97. The van der Waals surface area contributed by atoms with Gasteiger partial charge in [0.2, 0.25) is 0 Å². The quantitative estimate of drug-likeness (QED) is 0.362. The maximum atomic E-state index is 12.0. The Hall–Kier alpha value is -1.86. The van der Waals surface area contributed by atoms with E-state index in [9.17, 15) is 9.59 Å². The number of Topliss-reactive ketones (excluding diaryl/α,β-unsaturated/α-hetero) is 1. The van der Waals surface area contributed by atoms with Gasteiger partial charge in [-0.3, -0.25) is 9.59 Å². The van der Waals surface area contributed by atoms with Crippen LogP contribution >= 0.6 is 23.1 Å². The van der Waals surface area contributed by atoms with E-state index >= 15 is 0 Å². The number of carbonyl (C=O) groups is 2. The SMILES string of the molecule is CCOC(=O)CC(=O)c1sc(SCc2ccccc2)nc1N. The normalized spacial score (nSPS) is 10.4. The first-order chi connectivity index (χ1) is 10.6. The van der Waals surface area contributed by atoms with Crippen molar-refractivity contribution in [3.05, 3.63) is 40.8 Å². The number of nitrogens with two attached hydrogens (primary N) is 1. The summed E-state index contributed by atoms with van der Waals surface area (Å²) >= 11 is 2.73. The number of benzene rings is 1. The van der Waals surface area contributed by atoms with Crippen molar-refractivity contribution >= 4 is 40.7 Å². The topological polar surface area (TPSA) is 82.3 Å². The van der Waals surface area contributed by atoms with Gasteiger partial charge in [0.1, 0.15) is 17.1 Å². The molecule has 0 amide bonds. The maximum absolute atomic E-state index is 12.0. The zero-order chi connectivity index (χ0) is 15.9. The first-order valence-electron chi connectivity index (χ1n) is 6.72. The van der Waals surface area contributed by atoms with E-state index in [1.807, 2.05) is 30.3 Å². The van der Waals surface area contributed by atoms with Crippen LogP contribution in [0.1, 0.15) is 28.6 Å². The molecule has 0 aliphatic carbocycles. The van der Waals surface area contributed by atoms with Crippen molar-refractivity contribution in [2.45, 2.75) is 23.4 Å². The number of esters is 1. The summed E-state index contributed by atoms with van der Waals surface area (Å²) in [6.07, 6.45) is -0.303. The van der Waals surface area contributed by atoms with E-state index in [1.54, 1.807) is 6.92 Å². The van der Waals surface area contributed by atoms with Crippen LogP contribution in [-0.2, 0) is 15.3 Å². The average molecular weight is 336 g/mol. The van der Waals surface area contributed by atoms with Gasteiger partial charge in [-0.05, 0) is 12.5 Å². The van der Waals surface area contributed by atoms with Crippen LogP contribution in [0.5, 0.6) is 0 Å². The molecule has 1 aromatic carbocycles. The van der Waals surface area contributed by atoms with Crippen molar-refractivity contribution in [1.82, 2.24) is 4.98 Å². The number of hydrogen-bond donors (Lipinski definition) is 1. The third-order valence-corrected chi connectivity index (χ3v) is 5.03. The van der Waals surface area contributed by atoms with Gasteiger partial charge in [0.05, 0.1) is 6.61 Å². The van der Waals surface area contributed by atoms with Crippen LogP contribution in [0.4, 0.5) is 5.82 Å². The minimum absolute atomic E-state index is 0.176. The van der Waals surface area contributed by atoms with Crippen LogP contribution in [0.15, 0.2) is 34.7 Å². The van der Waals surface area contributed by atoms with Crippen LogP contribution in [-0.4, -0.2) is 23.3 Å². The summed E-state index contributed by atoms with van der Waals surface area (Å²) in [4.78, 5) is 27.9. The predicted octanol–water partition coefficient (Wildman–Crippen LogP) is 3.15. The highest BCUT2D eigenvalue weighted by Gasteiger charge is 2.19. The number of nitrogen functional groups attached to an aromatic ring is 1. The number of nitrogens with zero attached hydrogens (tertiary/aromatic N) is 1. The van der Waals surface area contributed by atoms with Crippen LogP contribution in [0.3, 0.4) is 0 Å². The summed E-state index contributed by atoms with van der Waals surface area (Å²) in [7, 11) is 0. The molecule has 0 saturated heterocycles. The van der Waals surface area contributed by atoms with Crippen molar-refractivity contribution in [2.75, 3.05) is 12.3 Å². The molecular formula is C15H16N2O3S2. The molecule has 0 fully saturated rings. The number of rotatable bonds is 7. The Morgan fingerprint density at radius 1 is 1.32 bits per heavy atom. The van der Waals surface area contributed by atoms with Gasteiger partial charge in [-0.2, -0.15) is 0 Å². The van der Waals surface area contributed by atoms with E-state index in [1.165, 1.54) is 28.7 Å². The molecule has 0 radical (unpaired) electrons. The molecule has 0 spiro atoms. The third kappa shape index (κ3) is 4.57. The number of aromatic nitrogens is 1. The van der Waals surface area contributed by atoms with Gasteiger partial charge in [0, 0.05) is 5.75 Å². The number of anilines is 1. The summed E-state index contributed by atoms with van der Waals surface area (Å²) in [5, 5.41) is 0. The summed E-state index contributed by atoms with van der Waals surface area (Å²) < 4.78 is 5.48. The molecule has 2 rings (SSSR count). The fourth-order valence-corrected chi connectivity index (χ4v) is 3.68. The molecule has 0 unspecified atom stereocenters. The van der Waals surface area contributed by atoms with E-state index < -0.39 is 5.97 Å². The summed E-state index contributed by atoms with van der Waals surface area (Å²) in [6, 6.07) is 9.95. The van der Waals surface area contributed by atoms with E-state index in [4.69, 9.17) is 10.5 Å². The van der Waals surface area contributed by atoms with Gasteiger partial charge < -0.3 is 10.5 Å². The van der Waals surface area contributed by atoms with E-state index in [2.05, 4.69) is 4.98 Å². The van der Waals surface area contributed by atoms with E-state index in [0.717, 1.165) is 5.75 Å². The van der Waals surface area contributed by atoms with Gasteiger partial charge in [-0.1, -0.05) is 42.1 Å². The molecule has 1 aromatic heterocycles. The van der Waals surface area contributed by atoms with Crippen molar-refractivity contribution in [2.24, 2.45) is 0 Å². The molecular weight excluding hydrogens is 320 g/mol. The second kappa shape index (κ2) is 7.95. The van der Waals surface area contributed by atoms with Crippen molar-refractivity contribution in [3.63, 3.8) is 0 Å². The molecule has 1 heterocycles. The summed E-state index contributed by atoms with van der Waals surface area (Å²) in [5.41, 5.74) is 6.94. The molecule has 5 nitrogen and oxygen atoms in total. The van der Waals surface area contributed by atoms with Gasteiger partial charge in [0.15, 0.2) is 10.1 Å². The lowest BCUT2D eigenvalue weighted by molar-refractivity contribution is -0.141. The second-order valence-corrected chi connectivity index (χ2v) is 6.59. The number of carbonyl (C=O) groups excluding carboxylic acids is 2. The number of hydrogen-bond acceptors (Lipinski definition) is 7. The van der Waals surface area contributed by atoms with Crippen molar-refractivity contribution < 1.29 is 14.3 Å². The molecule has 0 atom stereocenters. The van der Waals surface area contributed by atoms with Crippen LogP contribution in [0.2, 0.25) is 0 Å². The monoisotopic (exact) mass is 336 g/mol. The Morgan fingerprint density at radius 3 is 2.73 bits per heavy atom. The van der Waals surface area contributed by atoms with Gasteiger partial charge in [-0.25, -0.2) is 4.98 Å². The first kappa shape index (κ1) is 16.5. The van der Waals surface area contributed by atoms with Crippen molar-refractivity contribution in [3.8, 4) is 0 Å². The molecule has 0 saturated carbocycles. The Balaban J connectivity index is 1.98. The zero-order valence-corrected chi connectivity index (χ0v) is 13.7. The largest absolute Gasteiger partial charge is 0.466 e. The molecule has 0 aliphatic heterocycles.